The summed E-state index contributed by atoms with van der Waals surface area (Å²) < 4.78 is 10.2. The molecule has 1 aromatic rings. The molecule has 0 bridgehead atoms. The van der Waals surface area contributed by atoms with Gasteiger partial charge >= 0.3 is 12.1 Å². The lowest BCUT2D eigenvalue weighted by atomic mass is 9.77. The highest BCUT2D eigenvalue weighted by Gasteiger charge is 2.44. The molecule has 1 atom stereocenters. The lowest BCUT2D eigenvalue weighted by Crippen LogP contribution is -2.50. The fraction of sp³-hybridized carbons (Fsp3) is 0.444. The molecule has 0 spiro atoms. The summed E-state index contributed by atoms with van der Waals surface area (Å²) in [6.07, 6.45) is 6.53. The number of carbonyl (C=O) groups is 2. The van der Waals surface area contributed by atoms with Crippen LogP contribution in [0.4, 0.5) is 4.79 Å². The van der Waals surface area contributed by atoms with E-state index in [1.807, 2.05) is 30.3 Å². The number of amides is 1. The van der Waals surface area contributed by atoms with Crippen molar-refractivity contribution < 1.29 is 19.1 Å². The molecule has 2 rings (SSSR count). The lowest BCUT2D eigenvalue weighted by Gasteiger charge is -2.39. The smallest absolute Gasteiger partial charge is 0.410 e. The minimum absolute atomic E-state index is 0.205. The van der Waals surface area contributed by atoms with Crippen LogP contribution >= 0.6 is 0 Å². The second-order valence-corrected chi connectivity index (χ2v) is 5.72. The SMILES string of the molecule is C#CCC1(C(=O)OC)CCCN(C(=O)OCc2ccccc2)C1. The summed E-state index contributed by atoms with van der Waals surface area (Å²) in [5.41, 5.74) is 0.0915. The minimum atomic E-state index is -0.826. The van der Waals surface area contributed by atoms with Gasteiger partial charge in [0.2, 0.25) is 0 Å². The van der Waals surface area contributed by atoms with Crippen LogP contribution in [0.1, 0.15) is 24.8 Å². The normalized spacial score (nSPS) is 20.4. The van der Waals surface area contributed by atoms with Crippen molar-refractivity contribution in [3.8, 4) is 12.3 Å². The molecular formula is C18H21NO4. The van der Waals surface area contributed by atoms with Crippen molar-refractivity contribution in [1.82, 2.24) is 4.90 Å². The van der Waals surface area contributed by atoms with E-state index < -0.39 is 11.5 Å². The molecular weight excluding hydrogens is 294 g/mol. The average Bonchev–Trinajstić information content (AvgIpc) is 2.60. The van der Waals surface area contributed by atoms with Crippen LogP contribution in [0, 0.1) is 17.8 Å². The van der Waals surface area contributed by atoms with Crippen LogP contribution in [0.2, 0.25) is 0 Å². The Morgan fingerprint density at radius 3 is 2.74 bits per heavy atom. The first kappa shape index (κ1) is 16.9. The number of methoxy groups -OCH3 is 1. The zero-order valence-electron chi connectivity index (χ0n) is 13.3. The zero-order valence-corrected chi connectivity index (χ0v) is 13.3. The molecule has 0 aromatic heterocycles. The first-order valence-electron chi connectivity index (χ1n) is 7.59. The molecule has 0 saturated carbocycles. The molecule has 1 aromatic carbocycles. The number of rotatable bonds is 4. The molecule has 23 heavy (non-hydrogen) atoms. The van der Waals surface area contributed by atoms with Gasteiger partial charge in [0.25, 0.3) is 0 Å². The first-order chi connectivity index (χ1) is 11.1. The Kier molecular flexibility index (Phi) is 5.64. The Balaban J connectivity index is 2.00. The largest absolute Gasteiger partial charge is 0.469 e. The van der Waals surface area contributed by atoms with Gasteiger partial charge in [-0.25, -0.2) is 4.79 Å². The van der Waals surface area contributed by atoms with E-state index in [1.54, 1.807) is 4.90 Å². The van der Waals surface area contributed by atoms with Gasteiger partial charge < -0.3 is 14.4 Å². The summed E-state index contributed by atoms with van der Waals surface area (Å²) in [7, 11) is 1.34. The Labute approximate surface area is 136 Å². The molecule has 1 aliphatic heterocycles. The van der Waals surface area contributed by atoms with E-state index >= 15 is 0 Å². The summed E-state index contributed by atoms with van der Waals surface area (Å²) in [5.74, 6) is 2.17. The predicted molar refractivity (Wildman–Crippen MR) is 85.3 cm³/mol. The minimum Gasteiger partial charge on any atom is -0.469 e. The molecule has 0 radical (unpaired) electrons. The van der Waals surface area contributed by atoms with Crippen molar-refractivity contribution in [3.05, 3.63) is 35.9 Å². The van der Waals surface area contributed by atoms with Crippen molar-refractivity contribution in [2.45, 2.75) is 25.9 Å². The Morgan fingerprint density at radius 2 is 2.09 bits per heavy atom. The molecule has 5 heteroatoms. The van der Waals surface area contributed by atoms with Gasteiger partial charge in [-0.05, 0) is 18.4 Å². The highest BCUT2D eigenvalue weighted by atomic mass is 16.6. The predicted octanol–water partition coefficient (Wildman–Crippen LogP) is 2.60. The molecule has 1 fully saturated rings. The van der Waals surface area contributed by atoms with Gasteiger partial charge in [-0.2, -0.15) is 0 Å². The molecule has 122 valence electrons. The van der Waals surface area contributed by atoms with Crippen LogP contribution in [0.25, 0.3) is 0 Å². The van der Waals surface area contributed by atoms with Gasteiger partial charge in [0, 0.05) is 19.5 Å². The van der Waals surface area contributed by atoms with Gasteiger partial charge in [0.15, 0.2) is 0 Å². The average molecular weight is 315 g/mol. The fourth-order valence-corrected chi connectivity index (χ4v) is 2.89. The maximum atomic E-state index is 12.3. The van der Waals surface area contributed by atoms with Crippen molar-refractivity contribution in [1.29, 1.82) is 0 Å². The van der Waals surface area contributed by atoms with Gasteiger partial charge in [-0.3, -0.25) is 4.79 Å². The van der Waals surface area contributed by atoms with Crippen molar-refractivity contribution in [2.24, 2.45) is 5.41 Å². The molecule has 1 saturated heterocycles. The first-order valence-corrected chi connectivity index (χ1v) is 7.59. The van der Waals surface area contributed by atoms with Gasteiger partial charge in [-0.1, -0.05) is 30.3 Å². The summed E-state index contributed by atoms with van der Waals surface area (Å²) >= 11 is 0. The van der Waals surface area contributed by atoms with E-state index in [2.05, 4.69) is 5.92 Å². The van der Waals surface area contributed by atoms with Gasteiger partial charge in [-0.15, -0.1) is 12.3 Å². The third-order valence-electron chi connectivity index (χ3n) is 4.10. The number of esters is 1. The molecule has 1 aliphatic rings. The van der Waals surface area contributed by atoms with Crippen LogP contribution in [0.15, 0.2) is 30.3 Å². The molecule has 0 N–H and O–H groups in total. The van der Waals surface area contributed by atoms with Crippen LogP contribution in [0.3, 0.4) is 0 Å². The molecule has 1 amide bonds. The molecule has 0 aliphatic carbocycles. The number of hydrogen-bond donors (Lipinski definition) is 0. The highest BCUT2D eigenvalue weighted by molar-refractivity contribution is 5.79. The summed E-state index contributed by atoms with van der Waals surface area (Å²) in [6.45, 7) is 0.991. The standard InChI is InChI=1S/C18H21NO4/c1-3-10-18(16(20)22-2)11-7-12-19(14-18)17(21)23-13-15-8-5-4-6-9-15/h1,4-6,8-9H,7,10-14H2,2H3. The summed E-state index contributed by atoms with van der Waals surface area (Å²) in [5, 5.41) is 0. The number of terminal acetylenes is 1. The van der Waals surface area contributed by atoms with E-state index in [4.69, 9.17) is 15.9 Å². The fourth-order valence-electron chi connectivity index (χ4n) is 2.89. The van der Waals surface area contributed by atoms with E-state index in [0.717, 1.165) is 5.56 Å². The molecule has 1 unspecified atom stereocenters. The number of nitrogens with zero attached hydrogens (tertiary/aromatic N) is 1. The van der Waals surface area contributed by atoms with Crippen molar-refractivity contribution in [3.63, 3.8) is 0 Å². The Bertz CT molecular complexity index is 593. The number of piperidine rings is 1. The maximum Gasteiger partial charge on any atom is 0.410 e. The van der Waals surface area contributed by atoms with Crippen LogP contribution < -0.4 is 0 Å². The van der Waals surface area contributed by atoms with Crippen LogP contribution in [-0.4, -0.2) is 37.2 Å². The number of ether oxygens (including phenoxy) is 2. The second kappa shape index (κ2) is 7.68. The number of likely N-dealkylation sites (tertiary alicyclic amines) is 1. The van der Waals surface area contributed by atoms with Crippen molar-refractivity contribution in [2.75, 3.05) is 20.2 Å². The van der Waals surface area contributed by atoms with Crippen LogP contribution in [0.5, 0.6) is 0 Å². The summed E-state index contributed by atoms with van der Waals surface area (Å²) in [4.78, 5) is 25.9. The topological polar surface area (TPSA) is 55.8 Å². The summed E-state index contributed by atoms with van der Waals surface area (Å²) in [6, 6.07) is 9.46. The molecule has 5 nitrogen and oxygen atoms in total. The molecule has 1 heterocycles. The lowest BCUT2D eigenvalue weighted by molar-refractivity contribution is -0.155. The number of benzene rings is 1. The Hall–Kier alpha value is -2.48. The third kappa shape index (κ3) is 4.04. The van der Waals surface area contributed by atoms with E-state index in [1.165, 1.54) is 7.11 Å². The monoisotopic (exact) mass is 315 g/mol. The van der Waals surface area contributed by atoms with Crippen molar-refractivity contribution >= 4 is 12.1 Å². The van der Waals surface area contributed by atoms with Crippen LogP contribution in [-0.2, 0) is 20.9 Å². The zero-order chi connectivity index (χ0) is 16.7. The highest BCUT2D eigenvalue weighted by Crippen LogP contribution is 2.34. The third-order valence-corrected chi connectivity index (χ3v) is 4.10. The number of hydrogen-bond acceptors (Lipinski definition) is 4. The number of carbonyl (C=O) groups excluding carboxylic acids is 2. The Morgan fingerprint density at radius 1 is 1.35 bits per heavy atom. The van der Waals surface area contributed by atoms with Gasteiger partial charge in [0.1, 0.15) is 6.61 Å². The van der Waals surface area contributed by atoms with Gasteiger partial charge in [0.05, 0.1) is 12.5 Å². The van der Waals surface area contributed by atoms with E-state index in [-0.39, 0.29) is 25.5 Å². The van der Waals surface area contributed by atoms with E-state index in [9.17, 15) is 9.59 Å². The quantitative estimate of drug-likeness (QED) is 0.633. The van der Waals surface area contributed by atoms with E-state index in [0.29, 0.717) is 19.4 Å². The second-order valence-electron chi connectivity index (χ2n) is 5.72. The maximum absolute atomic E-state index is 12.3.